The van der Waals surface area contributed by atoms with Crippen molar-refractivity contribution in [3.63, 3.8) is 0 Å². The largest absolute Gasteiger partial charge is 0.0961 e. The fourth-order valence-corrected chi connectivity index (χ4v) is 1.36. The van der Waals surface area contributed by atoms with Gasteiger partial charge in [-0.1, -0.05) is 56.0 Å². The Morgan fingerprint density at radius 3 is 2.33 bits per heavy atom. The van der Waals surface area contributed by atoms with Crippen LogP contribution in [0.2, 0.25) is 0 Å². The molecule has 0 unspecified atom stereocenters. The van der Waals surface area contributed by atoms with E-state index in [0.29, 0.717) is 0 Å². The molecular formula is C15H22. The number of rotatable bonds is 3. The summed E-state index contributed by atoms with van der Waals surface area (Å²) in [5.74, 6) is 0. The van der Waals surface area contributed by atoms with Crippen molar-refractivity contribution in [3.05, 3.63) is 59.8 Å². The predicted molar refractivity (Wildman–Crippen MR) is 70.9 cm³/mol. The van der Waals surface area contributed by atoms with Gasteiger partial charge in [0.15, 0.2) is 0 Å². The van der Waals surface area contributed by atoms with Crippen LogP contribution in [0, 0.1) is 0 Å². The third-order valence-corrected chi connectivity index (χ3v) is 2.34. The van der Waals surface area contributed by atoms with E-state index in [1.54, 1.807) is 0 Å². The third kappa shape index (κ3) is 4.64. The van der Waals surface area contributed by atoms with Gasteiger partial charge < -0.3 is 0 Å². The van der Waals surface area contributed by atoms with Gasteiger partial charge in [0.1, 0.15) is 0 Å². The molecule has 0 fully saturated rings. The maximum Gasteiger partial charge on any atom is -0.0236 e. The fourth-order valence-electron chi connectivity index (χ4n) is 1.36. The molecule has 0 radical (unpaired) electrons. The van der Waals surface area contributed by atoms with Crippen LogP contribution in [0.1, 0.15) is 34.1 Å². The topological polar surface area (TPSA) is 0 Å². The zero-order valence-corrected chi connectivity index (χ0v) is 9.14. The maximum absolute atomic E-state index is 4.05. The van der Waals surface area contributed by atoms with Crippen LogP contribution in [-0.2, 0) is 0 Å². The van der Waals surface area contributed by atoms with Crippen molar-refractivity contribution < 1.29 is 0 Å². The summed E-state index contributed by atoms with van der Waals surface area (Å²) in [6.07, 6.45) is 10.7. The van der Waals surface area contributed by atoms with Crippen molar-refractivity contribution in [1.82, 2.24) is 0 Å². The summed E-state index contributed by atoms with van der Waals surface area (Å²) < 4.78 is 0. The number of allylic oxidation sites excluding steroid dienone is 8. The van der Waals surface area contributed by atoms with E-state index in [-0.39, 0.29) is 7.43 Å². The molecule has 0 spiro atoms. The van der Waals surface area contributed by atoms with Gasteiger partial charge in [0.05, 0.1) is 0 Å². The van der Waals surface area contributed by atoms with E-state index in [2.05, 4.69) is 32.2 Å². The van der Waals surface area contributed by atoms with Crippen LogP contribution in [0.5, 0.6) is 0 Å². The molecule has 1 aliphatic carbocycles. The van der Waals surface area contributed by atoms with Gasteiger partial charge in [-0.3, -0.25) is 0 Å². The van der Waals surface area contributed by atoms with Gasteiger partial charge in [-0.15, -0.1) is 0 Å². The van der Waals surface area contributed by atoms with Gasteiger partial charge in [-0.25, -0.2) is 0 Å². The molecule has 0 aromatic heterocycles. The lowest BCUT2D eigenvalue weighted by atomic mass is 9.94. The van der Waals surface area contributed by atoms with Crippen molar-refractivity contribution in [3.8, 4) is 0 Å². The molecule has 0 bridgehead atoms. The molecule has 0 saturated heterocycles. The Morgan fingerprint density at radius 1 is 1.20 bits per heavy atom. The molecule has 0 saturated carbocycles. The number of hydrogen-bond donors (Lipinski definition) is 0. The van der Waals surface area contributed by atoms with Gasteiger partial charge in [0, 0.05) is 0 Å². The van der Waals surface area contributed by atoms with E-state index < -0.39 is 0 Å². The summed E-state index contributed by atoms with van der Waals surface area (Å²) in [6.45, 7) is 12.0. The summed E-state index contributed by atoms with van der Waals surface area (Å²) in [5.41, 5.74) is 4.96. The highest BCUT2D eigenvalue weighted by Gasteiger charge is 2.04. The van der Waals surface area contributed by atoms with E-state index in [1.165, 1.54) is 11.1 Å². The van der Waals surface area contributed by atoms with Crippen molar-refractivity contribution in [2.45, 2.75) is 34.1 Å². The summed E-state index contributed by atoms with van der Waals surface area (Å²) in [5, 5.41) is 0. The Morgan fingerprint density at radius 2 is 1.87 bits per heavy atom. The predicted octanol–water partition coefficient (Wildman–Crippen LogP) is 4.98. The quantitative estimate of drug-likeness (QED) is 0.566. The lowest BCUT2D eigenvalue weighted by Crippen LogP contribution is -1.92. The fraction of sp³-hybridized carbons (Fsp3) is 0.333. The van der Waals surface area contributed by atoms with Crippen LogP contribution in [0.15, 0.2) is 59.8 Å². The first-order valence-electron chi connectivity index (χ1n) is 4.99. The second kappa shape index (κ2) is 6.23. The summed E-state index contributed by atoms with van der Waals surface area (Å²) in [6, 6.07) is 0. The van der Waals surface area contributed by atoms with Gasteiger partial charge in [-0.05, 0) is 37.8 Å². The van der Waals surface area contributed by atoms with E-state index in [1.807, 2.05) is 19.1 Å². The van der Waals surface area contributed by atoms with Crippen molar-refractivity contribution in [1.29, 1.82) is 0 Å². The van der Waals surface area contributed by atoms with Gasteiger partial charge >= 0.3 is 0 Å². The average Bonchev–Trinajstić information content (AvgIpc) is 2.15. The zero-order chi connectivity index (χ0) is 10.6. The first-order chi connectivity index (χ1) is 6.59. The maximum atomic E-state index is 4.05. The molecule has 0 atom stereocenters. The zero-order valence-electron chi connectivity index (χ0n) is 9.14. The lowest BCUT2D eigenvalue weighted by Gasteiger charge is -2.11. The molecule has 0 N–H and O–H groups in total. The van der Waals surface area contributed by atoms with Gasteiger partial charge in [0.2, 0.25) is 0 Å². The summed E-state index contributed by atoms with van der Waals surface area (Å²) in [4.78, 5) is 0. The normalized spacial score (nSPS) is 15.3. The molecule has 1 rings (SSSR count). The molecule has 0 aliphatic heterocycles. The van der Waals surface area contributed by atoms with E-state index in [4.69, 9.17) is 0 Å². The van der Waals surface area contributed by atoms with Crippen LogP contribution >= 0.6 is 0 Å². The molecule has 82 valence electrons. The van der Waals surface area contributed by atoms with Crippen LogP contribution in [0.25, 0.3) is 0 Å². The number of hydrogen-bond acceptors (Lipinski definition) is 0. The van der Waals surface area contributed by atoms with Crippen LogP contribution in [0.3, 0.4) is 0 Å². The van der Waals surface area contributed by atoms with Gasteiger partial charge in [0.25, 0.3) is 0 Å². The van der Waals surface area contributed by atoms with Crippen molar-refractivity contribution in [2.24, 2.45) is 0 Å². The Kier molecular flexibility index (Phi) is 5.69. The molecule has 1 aliphatic rings. The first kappa shape index (κ1) is 13.7. The van der Waals surface area contributed by atoms with E-state index >= 15 is 0 Å². The SMILES string of the molecule is C.C=C(C)/C=C\C(=C)C1=CC=C(C)CC1. The molecule has 0 aromatic rings. The van der Waals surface area contributed by atoms with Crippen molar-refractivity contribution in [2.75, 3.05) is 0 Å². The molecule has 0 amide bonds. The molecule has 0 nitrogen and oxygen atoms in total. The molecule has 0 heteroatoms. The Bertz CT molecular complexity index is 335. The van der Waals surface area contributed by atoms with E-state index in [0.717, 1.165) is 24.0 Å². The Labute approximate surface area is 94.4 Å². The highest BCUT2D eigenvalue weighted by Crippen LogP contribution is 2.23. The molecule has 0 aromatic carbocycles. The minimum absolute atomic E-state index is 0. The average molecular weight is 202 g/mol. The monoisotopic (exact) mass is 202 g/mol. The standard InChI is InChI=1S/C14H18.CH4/c1-11(2)5-8-13(4)14-9-6-12(3)7-10-14;/h5-6,8-9H,1,4,7,10H2,2-3H3;1H4/b8-5-;. The Hall–Kier alpha value is -1.30. The van der Waals surface area contributed by atoms with Crippen LogP contribution in [-0.4, -0.2) is 0 Å². The van der Waals surface area contributed by atoms with Gasteiger partial charge in [-0.2, -0.15) is 0 Å². The molecule has 0 heterocycles. The highest BCUT2D eigenvalue weighted by atomic mass is 14.1. The Balaban J connectivity index is 0.00000196. The minimum atomic E-state index is 0. The second-order valence-corrected chi connectivity index (χ2v) is 3.91. The summed E-state index contributed by atoms with van der Waals surface area (Å²) >= 11 is 0. The highest BCUT2D eigenvalue weighted by molar-refractivity contribution is 5.43. The first-order valence-corrected chi connectivity index (χ1v) is 4.99. The summed E-state index contributed by atoms with van der Waals surface area (Å²) in [7, 11) is 0. The van der Waals surface area contributed by atoms with E-state index in [9.17, 15) is 0 Å². The molecule has 15 heavy (non-hydrogen) atoms. The molecular weight excluding hydrogens is 180 g/mol. The minimum Gasteiger partial charge on any atom is -0.0961 e. The van der Waals surface area contributed by atoms with Crippen LogP contribution in [0.4, 0.5) is 0 Å². The second-order valence-electron chi connectivity index (χ2n) is 3.91. The smallest absolute Gasteiger partial charge is 0.0236 e. The third-order valence-electron chi connectivity index (χ3n) is 2.34. The van der Waals surface area contributed by atoms with Crippen LogP contribution < -0.4 is 0 Å². The lowest BCUT2D eigenvalue weighted by molar-refractivity contribution is 0.919. The van der Waals surface area contributed by atoms with Crippen molar-refractivity contribution >= 4 is 0 Å².